The van der Waals surface area contributed by atoms with Gasteiger partial charge in [-0.2, -0.15) is 0 Å². The molecule has 8 heteroatoms. The summed E-state index contributed by atoms with van der Waals surface area (Å²) in [5, 5.41) is 9.70. The highest BCUT2D eigenvalue weighted by atomic mass is 35.5. The Morgan fingerprint density at radius 3 is 2.26 bits per heavy atom. The molecule has 0 aliphatic carbocycles. The fourth-order valence-electron chi connectivity index (χ4n) is 3.55. The first-order valence-corrected chi connectivity index (χ1v) is 10.9. The van der Waals surface area contributed by atoms with Gasteiger partial charge in [-0.25, -0.2) is 4.79 Å². The highest BCUT2D eigenvalue weighted by molar-refractivity contribution is 6.31. The Bertz CT molecular complexity index is 1150. The van der Waals surface area contributed by atoms with E-state index in [4.69, 9.17) is 25.8 Å². The van der Waals surface area contributed by atoms with E-state index in [1.165, 1.54) is 18.2 Å². The molecule has 3 aromatic carbocycles. The summed E-state index contributed by atoms with van der Waals surface area (Å²) in [6.45, 7) is 1.87. The lowest BCUT2D eigenvalue weighted by atomic mass is 10.1. The second-order valence-corrected chi connectivity index (χ2v) is 7.97. The summed E-state index contributed by atoms with van der Waals surface area (Å²) in [5.41, 5.74) is 1.68. The molecule has 0 saturated carbocycles. The van der Waals surface area contributed by atoms with E-state index in [1.54, 1.807) is 25.2 Å². The smallest absolute Gasteiger partial charge is 0.339 e. The third-order valence-electron chi connectivity index (χ3n) is 5.39. The first-order valence-electron chi connectivity index (χ1n) is 10.5. The van der Waals surface area contributed by atoms with E-state index in [0.717, 1.165) is 11.1 Å². The van der Waals surface area contributed by atoms with Crippen LogP contribution in [0.5, 0.6) is 17.2 Å². The number of amides is 1. The number of carboxylic acid groups (broad SMARTS) is 1. The first kappa shape index (κ1) is 24.9. The van der Waals surface area contributed by atoms with Crippen LogP contribution in [0.4, 0.5) is 0 Å². The predicted octanol–water partition coefficient (Wildman–Crippen LogP) is 5.22. The van der Waals surface area contributed by atoms with Crippen molar-refractivity contribution in [1.29, 1.82) is 0 Å². The Balaban J connectivity index is 1.86. The molecular weight excluding hydrogens is 458 g/mol. The molecule has 0 aliphatic heterocycles. The minimum absolute atomic E-state index is 0.0729. The van der Waals surface area contributed by atoms with Crippen LogP contribution in [0.2, 0.25) is 5.02 Å². The lowest BCUT2D eigenvalue weighted by Crippen LogP contribution is -2.36. The lowest BCUT2D eigenvalue weighted by Gasteiger charge is -2.30. The third kappa shape index (κ3) is 5.99. The average molecular weight is 484 g/mol. The van der Waals surface area contributed by atoms with E-state index in [-0.39, 0.29) is 41.4 Å². The standard InChI is InChI=1S/C26H26ClNO6/c1-17(19-7-5-4-6-8-19)28(15-18-9-11-23(32-2)24(13-18)33-3)25(29)16-34-22-12-10-20(27)14-21(22)26(30)31/h4-14,17H,15-16H2,1-3H3,(H,30,31)/t17-/m0/s1. The number of ether oxygens (including phenoxy) is 3. The van der Waals surface area contributed by atoms with Gasteiger partial charge in [-0.05, 0) is 48.4 Å². The molecule has 1 atom stereocenters. The van der Waals surface area contributed by atoms with Crippen molar-refractivity contribution in [2.75, 3.05) is 20.8 Å². The van der Waals surface area contributed by atoms with E-state index >= 15 is 0 Å². The zero-order valence-corrected chi connectivity index (χ0v) is 19.9. The molecule has 34 heavy (non-hydrogen) atoms. The number of hydrogen-bond acceptors (Lipinski definition) is 5. The molecule has 0 bridgehead atoms. The van der Waals surface area contributed by atoms with Crippen molar-refractivity contribution in [1.82, 2.24) is 4.90 Å². The number of methoxy groups -OCH3 is 2. The number of hydrogen-bond donors (Lipinski definition) is 1. The van der Waals surface area contributed by atoms with E-state index in [1.807, 2.05) is 49.4 Å². The largest absolute Gasteiger partial charge is 0.493 e. The quantitative estimate of drug-likeness (QED) is 0.425. The summed E-state index contributed by atoms with van der Waals surface area (Å²) in [7, 11) is 3.11. The normalized spacial score (nSPS) is 11.4. The van der Waals surface area contributed by atoms with E-state index in [0.29, 0.717) is 11.5 Å². The molecule has 0 spiro atoms. The van der Waals surface area contributed by atoms with Gasteiger partial charge in [0, 0.05) is 11.6 Å². The summed E-state index contributed by atoms with van der Waals surface area (Å²) in [5.74, 6) is -0.276. The van der Waals surface area contributed by atoms with Crippen LogP contribution in [-0.2, 0) is 11.3 Å². The van der Waals surface area contributed by atoms with Crippen molar-refractivity contribution in [2.24, 2.45) is 0 Å². The summed E-state index contributed by atoms with van der Waals surface area (Å²) in [6, 6.07) is 19.1. The average Bonchev–Trinajstić information content (AvgIpc) is 2.86. The van der Waals surface area contributed by atoms with Gasteiger partial charge in [0.25, 0.3) is 5.91 Å². The lowest BCUT2D eigenvalue weighted by molar-refractivity contribution is -0.136. The molecule has 3 aromatic rings. The fraction of sp³-hybridized carbons (Fsp3) is 0.231. The molecule has 0 aromatic heterocycles. The molecule has 0 saturated heterocycles. The van der Waals surface area contributed by atoms with Gasteiger partial charge >= 0.3 is 5.97 Å². The third-order valence-corrected chi connectivity index (χ3v) is 5.63. The van der Waals surface area contributed by atoms with Crippen LogP contribution < -0.4 is 14.2 Å². The molecule has 1 amide bonds. The number of carbonyl (C=O) groups is 2. The molecule has 0 fully saturated rings. The van der Waals surface area contributed by atoms with Crippen LogP contribution >= 0.6 is 11.6 Å². The molecular formula is C26H26ClNO6. The molecule has 0 heterocycles. The molecule has 0 aliphatic rings. The van der Waals surface area contributed by atoms with Crippen molar-refractivity contribution in [3.63, 3.8) is 0 Å². The van der Waals surface area contributed by atoms with E-state index in [9.17, 15) is 14.7 Å². The number of benzene rings is 3. The Morgan fingerprint density at radius 2 is 1.62 bits per heavy atom. The number of carbonyl (C=O) groups excluding carboxylic acids is 1. The molecule has 0 unspecified atom stereocenters. The SMILES string of the molecule is COc1ccc(CN(C(=O)COc2ccc(Cl)cc2C(=O)O)[C@@H](C)c2ccccc2)cc1OC. The summed E-state index contributed by atoms with van der Waals surface area (Å²) in [4.78, 5) is 26.5. The van der Waals surface area contributed by atoms with Gasteiger partial charge in [-0.15, -0.1) is 0 Å². The van der Waals surface area contributed by atoms with Gasteiger partial charge in [0.2, 0.25) is 0 Å². The maximum atomic E-state index is 13.3. The monoisotopic (exact) mass is 483 g/mol. The van der Waals surface area contributed by atoms with Crippen LogP contribution in [0.3, 0.4) is 0 Å². The van der Waals surface area contributed by atoms with Gasteiger partial charge in [0.15, 0.2) is 18.1 Å². The van der Waals surface area contributed by atoms with Gasteiger partial charge in [-0.1, -0.05) is 48.0 Å². The second kappa shape index (κ2) is 11.4. The zero-order valence-electron chi connectivity index (χ0n) is 19.2. The van der Waals surface area contributed by atoms with Crippen LogP contribution in [-0.4, -0.2) is 42.7 Å². The Hall–Kier alpha value is -3.71. The van der Waals surface area contributed by atoms with Crippen LogP contribution in [0.1, 0.15) is 34.5 Å². The second-order valence-electron chi connectivity index (χ2n) is 7.53. The van der Waals surface area contributed by atoms with Crippen LogP contribution in [0.15, 0.2) is 66.7 Å². The molecule has 1 N–H and O–H groups in total. The topological polar surface area (TPSA) is 85.3 Å². The number of aromatic carboxylic acids is 1. The molecule has 178 valence electrons. The zero-order chi connectivity index (χ0) is 24.7. The maximum absolute atomic E-state index is 13.3. The Morgan fingerprint density at radius 1 is 0.941 bits per heavy atom. The number of nitrogens with zero attached hydrogens (tertiary/aromatic N) is 1. The van der Waals surface area contributed by atoms with Gasteiger partial charge < -0.3 is 24.2 Å². The molecule has 0 radical (unpaired) electrons. The van der Waals surface area contributed by atoms with Crippen molar-refractivity contribution in [2.45, 2.75) is 19.5 Å². The van der Waals surface area contributed by atoms with Crippen molar-refractivity contribution in [3.8, 4) is 17.2 Å². The van der Waals surface area contributed by atoms with Crippen LogP contribution in [0.25, 0.3) is 0 Å². The highest BCUT2D eigenvalue weighted by Gasteiger charge is 2.24. The minimum atomic E-state index is -1.19. The fourth-order valence-corrected chi connectivity index (χ4v) is 3.72. The van der Waals surface area contributed by atoms with Crippen molar-refractivity contribution < 1.29 is 28.9 Å². The number of halogens is 1. The summed E-state index contributed by atoms with van der Waals surface area (Å²) < 4.78 is 16.3. The van der Waals surface area contributed by atoms with Crippen LogP contribution in [0, 0.1) is 0 Å². The molecule has 7 nitrogen and oxygen atoms in total. The van der Waals surface area contributed by atoms with Gasteiger partial charge in [0.05, 0.1) is 20.3 Å². The number of carboxylic acids is 1. The predicted molar refractivity (Wildman–Crippen MR) is 129 cm³/mol. The highest BCUT2D eigenvalue weighted by Crippen LogP contribution is 2.30. The summed E-state index contributed by atoms with van der Waals surface area (Å²) in [6.07, 6.45) is 0. The van der Waals surface area contributed by atoms with Crippen molar-refractivity contribution in [3.05, 3.63) is 88.4 Å². The summed E-state index contributed by atoms with van der Waals surface area (Å²) >= 11 is 5.91. The Labute approximate surface area is 203 Å². The minimum Gasteiger partial charge on any atom is -0.493 e. The maximum Gasteiger partial charge on any atom is 0.339 e. The van der Waals surface area contributed by atoms with Crippen molar-refractivity contribution >= 4 is 23.5 Å². The molecule has 3 rings (SSSR count). The van der Waals surface area contributed by atoms with E-state index < -0.39 is 5.97 Å². The van der Waals surface area contributed by atoms with E-state index in [2.05, 4.69) is 0 Å². The number of rotatable bonds is 10. The first-order chi connectivity index (χ1) is 16.3. The van der Waals surface area contributed by atoms with Gasteiger partial charge in [0.1, 0.15) is 11.3 Å². The van der Waals surface area contributed by atoms with Gasteiger partial charge in [-0.3, -0.25) is 4.79 Å². The Kier molecular flexibility index (Phi) is 8.38.